The zero-order chi connectivity index (χ0) is 48.5. The topological polar surface area (TPSA) is 152 Å². The normalized spacial score (nSPS) is 34.8. The van der Waals surface area contributed by atoms with Crippen LogP contribution in [0.5, 0.6) is 0 Å². The maximum Gasteiger partial charge on any atom is 0.332 e. The van der Waals surface area contributed by atoms with E-state index in [0.29, 0.717) is 57.0 Å². The lowest BCUT2D eigenvalue weighted by molar-refractivity contribution is -0.242. The highest BCUT2D eigenvalue weighted by Gasteiger charge is 2.64. The van der Waals surface area contributed by atoms with Crippen LogP contribution in [-0.4, -0.2) is 70.6 Å². The molecule has 0 heterocycles. The van der Waals surface area contributed by atoms with Gasteiger partial charge in [0.15, 0.2) is 0 Å². The molecule has 0 aromatic heterocycles. The molecule has 9 fully saturated rings. The Labute approximate surface area is 404 Å². The maximum atomic E-state index is 14.9. The molecule has 0 aliphatic heterocycles. The molecular weight excluding hydrogens is 861 g/mol. The smallest absolute Gasteiger partial charge is 0.332 e. The SMILES string of the molecule is CCCCOC(=O)COC12CC3CC(C1)CC(OC(=O)C(C)(CC)CC(C)(CC(C)C)C(=O)OC14CC5CC(CC(OC(=O)C6CCCCC6C(=O)O)(C5)C1)C4)(C3)C2.c1ccc2ccccc2c1. The van der Waals surface area contributed by atoms with Gasteiger partial charge in [0, 0.05) is 12.8 Å². The van der Waals surface area contributed by atoms with Crippen molar-refractivity contribution in [2.45, 2.75) is 199 Å². The maximum absolute atomic E-state index is 14.9. The Morgan fingerprint density at radius 3 is 1.59 bits per heavy atom. The van der Waals surface area contributed by atoms with Crippen LogP contribution in [0.1, 0.15) is 176 Å². The molecule has 2 aromatic carbocycles. The van der Waals surface area contributed by atoms with Crippen LogP contribution >= 0.6 is 0 Å². The molecule has 68 heavy (non-hydrogen) atoms. The summed E-state index contributed by atoms with van der Waals surface area (Å²) in [5, 5.41) is 12.5. The molecule has 11 heteroatoms. The molecule has 0 spiro atoms. The van der Waals surface area contributed by atoms with Gasteiger partial charge in [-0.1, -0.05) is 95.5 Å². The summed E-state index contributed by atoms with van der Waals surface area (Å²) < 4.78 is 31.8. The van der Waals surface area contributed by atoms with E-state index in [1.165, 1.54) is 10.8 Å². The second kappa shape index (κ2) is 20.0. The van der Waals surface area contributed by atoms with Gasteiger partial charge in [0.1, 0.15) is 23.4 Å². The highest BCUT2D eigenvalue weighted by molar-refractivity contribution is 5.83. The molecule has 0 saturated heterocycles. The number of carbonyl (C=O) groups is 5. The van der Waals surface area contributed by atoms with E-state index >= 15 is 0 Å². The van der Waals surface area contributed by atoms with Crippen LogP contribution in [0.3, 0.4) is 0 Å². The second-order valence-corrected chi connectivity index (χ2v) is 24.1. The number of carboxylic acids is 1. The minimum atomic E-state index is -0.980. The molecule has 374 valence electrons. The fourth-order valence-electron chi connectivity index (χ4n) is 15.4. The molecule has 2 aromatic rings. The van der Waals surface area contributed by atoms with E-state index < -0.39 is 57.0 Å². The minimum Gasteiger partial charge on any atom is -0.481 e. The first kappa shape index (κ1) is 50.4. The fraction of sp³-hybridized carbons (Fsp3) is 0.737. The summed E-state index contributed by atoms with van der Waals surface area (Å²) in [5.41, 5.74) is -4.63. The molecule has 8 unspecified atom stereocenters. The van der Waals surface area contributed by atoms with Gasteiger partial charge in [-0.3, -0.25) is 19.2 Å². The number of benzene rings is 2. The molecule has 8 atom stereocenters. The lowest BCUT2D eigenvalue weighted by atomic mass is 9.52. The summed E-state index contributed by atoms with van der Waals surface area (Å²) in [5.74, 6) is -2.23. The van der Waals surface area contributed by atoms with Gasteiger partial charge in [-0.15, -0.1) is 0 Å². The van der Waals surface area contributed by atoms with Crippen LogP contribution in [-0.2, 0) is 47.7 Å². The average Bonchev–Trinajstić information content (AvgIpc) is 3.27. The number of unbranched alkanes of at least 4 members (excludes halogenated alkanes) is 1. The third kappa shape index (κ3) is 11.0. The average molecular weight is 941 g/mol. The Morgan fingerprint density at radius 1 is 0.662 bits per heavy atom. The number of carbonyl (C=O) groups excluding carboxylic acids is 4. The van der Waals surface area contributed by atoms with Gasteiger partial charge in [0.25, 0.3) is 0 Å². The molecule has 9 aliphatic rings. The fourth-order valence-corrected chi connectivity index (χ4v) is 15.4. The Morgan fingerprint density at radius 2 is 1.12 bits per heavy atom. The molecule has 11 rings (SSSR count). The van der Waals surface area contributed by atoms with E-state index in [0.717, 1.165) is 89.9 Å². The third-order valence-corrected chi connectivity index (χ3v) is 17.5. The summed E-state index contributed by atoms with van der Waals surface area (Å²) in [7, 11) is 0. The Kier molecular flexibility index (Phi) is 14.8. The monoisotopic (exact) mass is 941 g/mol. The van der Waals surface area contributed by atoms with E-state index in [4.69, 9.17) is 23.7 Å². The van der Waals surface area contributed by atoms with E-state index in [9.17, 15) is 29.1 Å². The number of aliphatic carboxylic acids is 1. The Bertz CT molecular complexity index is 2070. The number of hydrogen-bond donors (Lipinski definition) is 1. The molecule has 0 radical (unpaired) electrons. The number of ether oxygens (including phenoxy) is 5. The molecule has 8 bridgehead atoms. The zero-order valence-corrected chi connectivity index (χ0v) is 42.0. The van der Waals surface area contributed by atoms with Crippen molar-refractivity contribution in [3.8, 4) is 0 Å². The van der Waals surface area contributed by atoms with Crippen molar-refractivity contribution in [2.75, 3.05) is 13.2 Å². The quantitative estimate of drug-likeness (QED) is 0.0863. The van der Waals surface area contributed by atoms with E-state index in [-0.39, 0.29) is 48.7 Å². The van der Waals surface area contributed by atoms with Gasteiger partial charge in [0.2, 0.25) is 0 Å². The Hall–Kier alpha value is -3.99. The summed E-state index contributed by atoms with van der Waals surface area (Å²) in [6.07, 6.45) is 15.0. The summed E-state index contributed by atoms with van der Waals surface area (Å²) in [4.78, 5) is 67.9. The van der Waals surface area contributed by atoms with Gasteiger partial charge in [0.05, 0.1) is 34.9 Å². The summed E-state index contributed by atoms with van der Waals surface area (Å²) in [6, 6.07) is 16.7. The molecule has 9 saturated carbocycles. The van der Waals surface area contributed by atoms with Gasteiger partial charge in [-0.05, 0) is 157 Å². The Balaban J connectivity index is 0.000000549. The summed E-state index contributed by atoms with van der Waals surface area (Å²) in [6.45, 7) is 12.4. The van der Waals surface area contributed by atoms with Crippen molar-refractivity contribution in [2.24, 2.45) is 52.3 Å². The van der Waals surface area contributed by atoms with Gasteiger partial charge in [-0.25, -0.2) is 4.79 Å². The summed E-state index contributed by atoms with van der Waals surface area (Å²) >= 11 is 0. The van der Waals surface area contributed by atoms with Crippen molar-refractivity contribution < 1.29 is 52.8 Å². The molecule has 0 amide bonds. The van der Waals surface area contributed by atoms with Crippen LogP contribution < -0.4 is 0 Å². The molecular formula is C57H80O11. The second-order valence-electron chi connectivity index (χ2n) is 24.1. The molecule has 11 nitrogen and oxygen atoms in total. The first-order chi connectivity index (χ1) is 32.3. The van der Waals surface area contributed by atoms with Crippen LogP contribution in [0.4, 0.5) is 0 Å². The van der Waals surface area contributed by atoms with Crippen molar-refractivity contribution in [3.05, 3.63) is 48.5 Å². The van der Waals surface area contributed by atoms with Crippen LogP contribution in [0.15, 0.2) is 48.5 Å². The predicted molar refractivity (Wildman–Crippen MR) is 258 cm³/mol. The largest absolute Gasteiger partial charge is 0.481 e. The highest BCUT2D eigenvalue weighted by Crippen LogP contribution is 2.63. The number of esters is 4. The van der Waals surface area contributed by atoms with Crippen molar-refractivity contribution in [1.82, 2.24) is 0 Å². The van der Waals surface area contributed by atoms with Gasteiger partial charge in [-0.2, -0.15) is 0 Å². The first-order valence-corrected chi connectivity index (χ1v) is 26.5. The van der Waals surface area contributed by atoms with Gasteiger partial charge >= 0.3 is 29.8 Å². The standard InChI is InChI=1S/C47H72O11.C10H8/c1-7-9-14-54-37(48)26-55-44-18-31-15-32(19-44)23-46(22-31,28-44)57-40(52)42(5,8-2)27-43(6,17-30(3)4)41(53)58-47-24-33-16-34(25-47)21-45(20-33,29-47)56-39(51)36-13-11-10-12-35(36)38(49)50;1-2-6-10-8-4-3-7-9(10)5-1/h30-36H,7-29H2,1-6H3,(H,49,50);1-8H. The number of hydrogen-bond acceptors (Lipinski definition) is 10. The van der Waals surface area contributed by atoms with Crippen LogP contribution in [0.2, 0.25) is 0 Å². The highest BCUT2D eigenvalue weighted by atomic mass is 16.6. The zero-order valence-electron chi connectivity index (χ0n) is 42.0. The van der Waals surface area contributed by atoms with Crippen molar-refractivity contribution >= 4 is 40.6 Å². The molecule has 9 aliphatic carbocycles. The van der Waals surface area contributed by atoms with Crippen LogP contribution in [0, 0.1) is 52.3 Å². The predicted octanol–water partition coefficient (Wildman–Crippen LogP) is 11.7. The first-order valence-electron chi connectivity index (χ1n) is 26.5. The minimum absolute atomic E-state index is 0.0895. The van der Waals surface area contributed by atoms with Crippen molar-refractivity contribution in [1.29, 1.82) is 0 Å². The van der Waals surface area contributed by atoms with Gasteiger partial charge < -0.3 is 28.8 Å². The van der Waals surface area contributed by atoms with E-state index in [1.807, 2.05) is 20.8 Å². The van der Waals surface area contributed by atoms with Crippen LogP contribution in [0.25, 0.3) is 10.8 Å². The lowest BCUT2D eigenvalue weighted by Gasteiger charge is -2.61. The van der Waals surface area contributed by atoms with E-state index in [1.54, 1.807) is 0 Å². The third-order valence-electron chi connectivity index (χ3n) is 17.5. The number of carboxylic acid groups (broad SMARTS) is 1. The number of fused-ring (bicyclic) bond motifs is 1. The number of rotatable bonds is 18. The van der Waals surface area contributed by atoms with E-state index in [2.05, 4.69) is 69.3 Å². The lowest BCUT2D eigenvalue weighted by Crippen LogP contribution is -2.63. The van der Waals surface area contributed by atoms with Crippen molar-refractivity contribution in [3.63, 3.8) is 0 Å². The molecule has 1 N–H and O–H groups in total.